The first kappa shape index (κ1) is 25.3. The van der Waals surface area contributed by atoms with Crippen LogP contribution in [0, 0.1) is 0 Å². The average Bonchev–Trinajstić information content (AvgIpc) is 2.65. The Morgan fingerprint density at radius 1 is 1.00 bits per heavy atom. The van der Waals surface area contributed by atoms with Crippen molar-refractivity contribution in [2.45, 2.75) is 19.3 Å². The molecule has 2 aromatic carbocycles. The van der Waals surface area contributed by atoms with Gasteiger partial charge in [-0.2, -0.15) is 0 Å². The average molecular weight is 426 g/mol. The fourth-order valence-electron chi connectivity index (χ4n) is 2.58. The Hall–Kier alpha value is -2.75. The minimum absolute atomic E-state index is 0. The Morgan fingerprint density at radius 2 is 1.63 bits per heavy atom. The first-order valence-corrected chi connectivity index (χ1v) is 8.50. The molecule has 0 saturated heterocycles. The fraction of sp³-hybridized carbons (Fsp3) is 0.250. The smallest absolute Gasteiger partial charge is 0.550 e. The van der Waals surface area contributed by atoms with E-state index in [1.165, 1.54) is 25.3 Å². The van der Waals surface area contributed by atoms with Crippen LogP contribution in [0.15, 0.2) is 30.3 Å². The van der Waals surface area contributed by atoms with Gasteiger partial charge in [-0.3, -0.25) is 9.59 Å². The number of carboxylic acids is 1. The van der Waals surface area contributed by atoms with Crippen LogP contribution < -0.4 is 44.1 Å². The van der Waals surface area contributed by atoms with E-state index in [2.05, 4.69) is 0 Å². The van der Waals surface area contributed by atoms with Gasteiger partial charge >= 0.3 is 29.6 Å². The van der Waals surface area contributed by atoms with E-state index >= 15 is 0 Å². The molecule has 2 rings (SSSR count). The number of phenols is 3. The summed E-state index contributed by atoms with van der Waals surface area (Å²) in [6.45, 7) is -0.564. The number of carbonyl (C=O) groups is 3. The molecule has 0 atom stereocenters. The molecule has 0 amide bonds. The number of benzene rings is 2. The first-order valence-electron chi connectivity index (χ1n) is 8.50. The van der Waals surface area contributed by atoms with Crippen molar-refractivity contribution in [1.82, 2.24) is 0 Å². The van der Waals surface area contributed by atoms with Crippen LogP contribution in [0.4, 0.5) is 0 Å². The van der Waals surface area contributed by atoms with Crippen molar-refractivity contribution in [1.29, 1.82) is 0 Å². The molecule has 0 aliphatic carbocycles. The third kappa shape index (κ3) is 6.94. The van der Waals surface area contributed by atoms with Gasteiger partial charge < -0.3 is 34.7 Å². The first-order chi connectivity index (χ1) is 13.7. The fourth-order valence-corrected chi connectivity index (χ4v) is 2.58. The maximum absolute atomic E-state index is 12.3. The molecule has 10 heteroatoms. The summed E-state index contributed by atoms with van der Waals surface area (Å²) in [5.41, 5.74) is 0.346. The van der Waals surface area contributed by atoms with E-state index in [1.807, 2.05) is 0 Å². The van der Waals surface area contributed by atoms with Crippen molar-refractivity contribution in [3.05, 3.63) is 41.5 Å². The van der Waals surface area contributed by atoms with Gasteiger partial charge in [-0.25, -0.2) is 0 Å². The molecular formula is C20H19NaO9. The number of hydrogen-bond acceptors (Lipinski definition) is 9. The maximum atomic E-state index is 12.3. The SMILES string of the molecule is COc1ccc(C(=O)CCc2c(O)cc(OCC(=O)CC(=O)[O-])cc2O)cc1O.[Na+]. The number of methoxy groups -OCH3 is 1. The third-order valence-electron chi connectivity index (χ3n) is 4.02. The van der Waals surface area contributed by atoms with Crippen molar-refractivity contribution in [2.24, 2.45) is 0 Å². The zero-order chi connectivity index (χ0) is 21.6. The van der Waals surface area contributed by atoms with Gasteiger partial charge in [0.1, 0.15) is 23.9 Å². The van der Waals surface area contributed by atoms with E-state index in [9.17, 15) is 34.8 Å². The molecule has 30 heavy (non-hydrogen) atoms. The molecule has 9 nitrogen and oxygen atoms in total. The Labute approximate surface area is 194 Å². The minimum Gasteiger partial charge on any atom is -0.550 e. The second kappa shape index (κ2) is 11.4. The third-order valence-corrected chi connectivity index (χ3v) is 4.02. The van der Waals surface area contributed by atoms with Gasteiger partial charge in [-0.15, -0.1) is 0 Å². The number of hydrogen-bond donors (Lipinski definition) is 3. The summed E-state index contributed by atoms with van der Waals surface area (Å²) in [7, 11) is 1.38. The zero-order valence-electron chi connectivity index (χ0n) is 16.5. The van der Waals surface area contributed by atoms with Crippen LogP contribution in [-0.4, -0.2) is 46.6 Å². The summed E-state index contributed by atoms with van der Waals surface area (Å²) in [5, 5.41) is 40.3. The van der Waals surface area contributed by atoms with Gasteiger partial charge in [0.25, 0.3) is 0 Å². The van der Waals surface area contributed by atoms with E-state index in [0.29, 0.717) is 0 Å². The van der Waals surface area contributed by atoms with Crippen molar-refractivity contribution in [3.63, 3.8) is 0 Å². The standard InChI is InChI=1S/C20H20O9.Na/c1-28-19-5-2-11(6-18(19)25)15(22)4-3-14-16(23)8-13(9-17(14)24)29-10-12(21)7-20(26)27;/h2,5-6,8-9,23-25H,3-4,7,10H2,1H3,(H,26,27);/q;+1/p-1. The van der Waals surface area contributed by atoms with Gasteiger partial charge in [0.2, 0.25) is 0 Å². The number of ketones is 2. The molecule has 2 aromatic rings. The summed E-state index contributed by atoms with van der Waals surface area (Å²) < 4.78 is 9.96. The molecule has 0 aromatic heterocycles. The summed E-state index contributed by atoms with van der Waals surface area (Å²) in [4.78, 5) is 33.9. The number of carboxylic acid groups (broad SMARTS) is 1. The van der Waals surface area contributed by atoms with Gasteiger partial charge in [-0.05, 0) is 24.6 Å². The second-order valence-corrected chi connectivity index (χ2v) is 6.13. The monoisotopic (exact) mass is 426 g/mol. The van der Waals surface area contributed by atoms with E-state index < -0.39 is 24.8 Å². The van der Waals surface area contributed by atoms with Crippen molar-refractivity contribution >= 4 is 17.5 Å². The molecular weight excluding hydrogens is 407 g/mol. The van der Waals surface area contributed by atoms with E-state index in [4.69, 9.17) is 9.47 Å². The molecule has 0 heterocycles. The van der Waals surface area contributed by atoms with Crippen LogP contribution in [0.2, 0.25) is 0 Å². The number of ether oxygens (including phenoxy) is 2. The summed E-state index contributed by atoms with van der Waals surface area (Å²) in [5.74, 6) is -3.28. The number of rotatable bonds is 10. The van der Waals surface area contributed by atoms with E-state index in [0.717, 1.165) is 12.1 Å². The van der Waals surface area contributed by atoms with Crippen LogP contribution in [0.25, 0.3) is 0 Å². The van der Waals surface area contributed by atoms with Gasteiger partial charge in [0.05, 0.1) is 7.11 Å². The van der Waals surface area contributed by atoms with E-state index in [-0.39, 0.29) is 88.1 Å². The van der Waals surface area contributed by atoms with Gasteiger partial charge in [-0.1, -0.05) is 0 Å². The molecule has 0 fully saturated rings. The minimum atomic E-state index is -1.53. The molecule has 3 N–H and O–H groups in total. The van der Waals surface area contributed by atoms with Crippen molar-refractivity contribution in [3.8, 4) is 28.7 Å². The van der Waals surface area contributed by atoms with Gasteiger partial charge in [0.15, 0.2) is 23.1 Å². The largest absolute Gasteiger partial charge is 1.00 e. The van der Waals surface area contributed by atoms with Crippen LogP contribution in [0.1, 0.15) is 28.8 Å². The number of aromatic hydroxyl groups is 3. The Balaban J connectivity index is 0.00000450. The van der Waals surface area contributed by atoms with Crippen molar-refractivity contribution in [2.75, 3.05) is 13.7 Å². The molecule has 0 aliphatic heterocycles. The van der Waals surface area contributed by atoms with Crippen molar-refractivity contribution < 1.29 is 73.8 Å². The maximum Gasteiger partial charge on any atom is 1.00 e. The Morgan fingerprint density at radius 3 is 2.17 bits per heavy atom. The second-order valence-electron chi connectivity index (χ2n) is 6.13. The molecule has 0 bridgehead atoms. The Bertz CT molecular complexity index is 917. The van der Waals surface area contributed by atoms with Crippen LogP contribution >= 0.6 is 0 Å². The molecule has 0 aliphatic rings. The molecule has 0 spiro atoms. The topological polar surface area (TPSA) is 153 Å². The predicted molar refractivity (Wildman–Crippen MR) is 97.2 cm³/mol. The molecule has 0 unspecified atom stereocenters. The van der Waals surface area contributed by atoms with E-state index in [1.54, 1.807) is 0 Å². The normalized spacial score (nSPS) is 10.0. The van der Waals surface area contributed by atoms with Gasteiger partial charge in [0, 0.05) is 42.1 Å². The predicted octanol–water partition coefficient (Wildman–Crippen LogP) is -2.28. The molecule has 0 radical (unpaired) electrons. The summed E-state index contributed by atoms with van der Waals surface area (Å²) in [6, 6.07) is 6.49. The number of phenolic OH excluding ortho intramolecular Hbond substituents is 3. The zero-order valence-corrected chi connectivity index (χ0v) is 18.5. The summed E-state index contributed by atoms with van der Waals surface area (Å²) in [6.07, 6.45) is -0.858. The number of aliphatic carboxylic acids is 1. The molecule has 0 saturated carbocycles. The quantitative estimate of drug-likeness (QED) is 0.217. The Kier molecular flexibility index (Phi) is 9.64. The molecule has 154 valence electrons. The van der Waals surface area contributed by atoms with Crippen LogP contribution in [0.3, 0.4) is 0 Å². The van der Waals surface area contributed by atoms with Crippen LogP contribution in [-0.2, 0) is 16.0 Å². The number of carbonyl (C=O) groups excluding carboxylic acids is 3. The number of Topliss-reactive ketones (excluding diaryl/α,β-unsaturated/α-hetero) is 2. The summed E-state index contributed by atoms with van der Waals surface area (Å²) >= 11 is 0. The van der Waals surface area contributed by atoms with Crippen LogP contribution in [0.5, 0.6) is 28.7 Å².